The molecule has 17 nitrogen and oxygen atoms in total. The zero-order valence-corrected chi connectivity index (χ0v) is 19.7. The van der Waals surface area contributed by atoms with Crippen LogP contribution in [0.1, 0.15) is 51.4 Å². The summed E-state index contributed by atoms with van der Waals surface area (Å²) in [7, 11) is 0. The van der Waals surface area contributed by atoms with Crippen LogP contribution >= 0.6 is 0 Å². The van der Waals surface area contributed by atoms with Crippen molar-refractivity contribution in [2.75, 3.05) is 0 Å². The molecule has 0 aliphatic rings. The summed E-state index contributed by atoms with van der Waals surface area (Å²) in [6.07, 6.45) is -3.73. The Morgan fingerprint density at radius 1 is 0.541 bits per heavy atom. The van der Waals surface area contributed by atoms with Gasteiger partial charge >= 0.3 is 23.9 Å². The molecule has 4 unspecified atom stereocenters. The highest BCUT2D eigenvalue weighted by molar-refractivity contribution is 5.94. The van der Waals surface area contributed by atoms with Gasteiger partial charge in [-0.3, -0.25) is 33.6 Å². The van der Waals surface area contributed by atoms with Crippen molar-refractivity contribution in [2.45, 2.75) is 75.5 Å². The molecule has 37 heavy (non-hydrogen) atoms. The molecular formula is C20H31N5O12. The third kappa shape index (κ3) is 14.7. The molecule has 0 aromatic rings. The molecule has 11 N–H and O–H groups in total. The molecule has 0 aliphatic heterocycles. The largest absolute Gasteiger partial charge is 0.481 e. The van der Waals surface area contributed by atoms with Gasteiger partial charge < -0.3 is 47.8 Å². The van der Waals surface area contributed by atoms with Gasteiger partial charge in [-0.25, -0.2) is 4.79 Å². The van der Waals surface area contributed by atoms with E-state index in [0.29, 0.717) is 0 Å². The van der Waals surface area contributed by atoms with Gasteiger partial charge in [-0.15, -0.1) is 0 Å². The van der Waals surface area contributed by atoms with E-state index in [9.17, 15) is 43.5 Å². The Balaban J connectivity index is 5.64. The molecule has 0 heterocycles. The smallest absolute Gasteiger partial charge is 0.326 e. The Morgan fingerprint density at radius 2 is 0.892 bits per heavy atom. The predicted octanol–water partition coefficient (Wildman–Crippen LogP) is -3.29. The van der Waals surface area contributed by atoms with E-state index in [2.05, 4.69) is 10.6 Å². The Labute approximate surface area is 209 Å². The van der Waals surface area contributed by atoms with E-state index < -0.39 is 110 Å². The van der Waals surface area contributed by atoms with Crippen molar-refractivity contribution in [3.05, 3.63) is 0 Å². The SMILES string of the molecule is NC(=O)CCC(NC(=O)C(N)CCC(=O)O)C(=O)NC(CCC(=O)O)C(=O)NC(CCC(=O)O)C(=O)O. The Morgan fingerprint density at radius 3 is 1.30 bits per heavy atom. The second-order valence-electron chi connectivity index (χ2n) is 7.93. The van der Waals surface area contributed by atoms with E-state index in [1.807, 2.05) is 5.32 Å². The van der Waals surface area contributed by atoms with Crippen molar-refractivity contribution in [3.63, 3.8) is 0 Å². The van der Waals surface area contributed by atoms with Crippen LogP contribution in [0, 0.1) is 0 Å². The highest BCUT2D eigenvalue weighted by Crippen LogP contribution is 2.06. The molecule has 0 bridgehead atoms. The molecule has 208 valence electrons. The zero-order valence-electron chi connectivity index (χ0n) is 19.7. The molecule has 0 saturated carbocycles. The topological polar surface area (TPSA) is 306 Å². The lowest BCUT2D eigenvalue weighted by Gasteiger charge is -2.25. The van der Waals surface area contributed by atoms with Crippen LogP contribution in [0.3, 0.4) is 0 Å². The van der Waals surface area contributed by atoms with E-state index in [4.69, 9.17) is 26.8 Å². The van der Waals surface area contributed by atoms with Gasteiger partial charge in [-0.05, 0) is 25.7 Å². The van der Waals surface area contributed by atoms with Crippen LogP contribution in [0.15, 0.2) is 0 Å². The first-order chi connectivity index (χ1) is 17.1. The summed E-state index contributed by atoms with van der Waals surface area (Å²) in [6, 6.07) is -6.12. The molecule has 4 atom stereocenters. The maximum Gasteiger partial charge on any atom is 0.326 e. The maximum atomic E-state index is 12.8. The van der Waals surface area contributed by atoms with Crippen molar-refractivity contribution < 1.29 is 58.8 Å². The van der Waals surface area contributed by atoms with Gasteiger partial charge in [0.15, 0.2) is 0 Å². The minimum atomic E-state index is -1.66. The summed E-state index contributed by atoms with van der Waals surface area (Å²) in [6.45, 7) is 0. The standard InChI is InChI=1S/C20H31N5O12/c21-9(1-6-14(27)28)17(33)23-10(2-5-13(22)26)18(34)24-11(3-7-15(29)30)19(35)25-12(20(36)37)4-8-16(31)32/h9-12H,1-8,21H2,(H2,22,26)(H,23,33)(H,24,34)(H,25,35)(H,27,28)(H,29,30)(H,31,32)(H,36,37). The predicted molar refractivity (Wildman–Crippen MR) is 120 cm³/mol. The number of amides is 4. The fraction of sp³-hybridized carbons (Fsp3) is 0.600. The minimum absolute atomic E-state index is 0.276. The summed E-state index contributed by atoms with van der Waals surface area (Å²) in [4.78, 5) is 92.7. The minimum Gasteiger partial charge on any atom is -0.481 e. The third-order valence-electron chi connectivity index (χ3n) is 4.86. The Kier molecular flexibility index (Phi) is 14.5. The van der Waals surface area contributed by atoms with Gasteiger partial charge in [-0.2, -0.15) is 0 Å². The van der Waals surface area contributed by atoms with Crippen LogP contribution in [-0.4, -0.2) is 92.1 Å². The van der Waals surface area contributed by atoms with E-state index in [1.54, 1.807) is 0 Å². The van der Waals surface area contributed by atoms with E-state index >= 15 is 0 Å². The van der Waals surface area contributed by atoms with Gasteiger partial charge in [-0.1, -0.05) is 0 Å². The molecule has 0 fully saturated rings. The van der Waals surface area contributed by atoms with E-state index in [1.165, 1.54) is 0 Å². The lowest BCUT2D eigenvalue weighted by atomic mass is 10.0. The maximum absolute atomic E-state index is 12.8. The summed E-state index contributed by atoms with van der Waals surface area (Å²) in [5.41, 5.74) is 10.7. The summed E-state index contributed by atoms with van der Waals surface area (Å²) >= 11 is 0. The normalized spacial score (nSPS) is 13.8. The molecule has 0 spiro atoms. The van der Waals surface area contributed by atoms with Gasteiger partial charge in [0.2, 0.25) is 23.6 Å². The van der Waals surface area contributed by atoms with Gasteiger partial charge in [0.25, 0.3) is 0 Å². The molecule has 0 rings (SSSR count). The number of hydrogen-bond acceptors (Lipinski definition) is 9. The van der Waals surface area contributed by atoms with Crippen LogP contribution in [0.4, 0.5) is 0 Å². The third-order valence-corrected chi connectivity index (χ3v) is 4.86. The average molecular weight is 533 g/mol. The molecular weight excluding hydrogens is 502 g/mol. The summed E-state index contributed by atoms with van der Waals surface area (Å²) < 4.78 is 0. The molecule has 0 saturated heterocycles. The Hall–Kier alpha value is -4.28. The molecule has 0 aliphatic carbocycles. The lowest BCUT2D eigenvalue weighted by molar-refractivity contribution is -0.144. The first kappa shape index (κ1) is 32.7. The van der Waals surface area contributed by atoms with E-state index in [0.717, 1.165) is 0 Å². The summed E-state index contributed by atoms with van der Waals surface area (Å²) in [5.74, 6) is -9.46. The van der Waals surface area contributed by atoms with Gasteiger partial charge in [0.1, 0.15) is 18.1 Å². The van der Waals surface area contributed by atoms with Crippen LogP contribution in [-0.2, 0) is 38.4 Å². The lowest BCUT2D eigenvalue weighted by Crippen LogP contribution is -2.57. The van der Waals surface area contributed by atoms with Crippen molar-refractivity contribution in [3.8, 4) is 0 Å². The summed E-state index contributed by atoms with van der Waals surface area (Å²) in [5, 5.41) is 42.0. The molecule has 4 amide bonds. The van der Waals surface area contributed by atoms with Crippen LogP contribution in [0.2, 0.25) is 0 Å². The fourth-order valence-corrected chi connectivity index (χ4v) is 2.85. The molecule has 0 radical (unpaired) electrons. The first-order valence-corrected chi connectivity index (χ1v) is 11.0. The van der Waals surface area contributed by atoms with Crippen LogP contribution in [0.25, 0.3) is 0 Å². The van der Waals surface area contributed by atoms with Crippen molar-refractivity contribution in [1.29, 1.82) is 0 Å². The number of rotatable bonds is 19. The van der Waals surface area contributed by atoms with E-state index in [-0.39, 0.29) is 12.8 Å². The average Bonchev–Trinajstić information content (AvgIpc) is 2.79. The number of nitrogens with one attached hydrogen (secondary N) is 3. The first-order valence-electron chi connectivity index (χ1n) is 11.0. The van der Waals surface area contributed by atoms with Gasteiger partial charge in [0, 0.05) is 25.7 Å². The Bertz CT molecular complexity index is 893. The molecule has 17 heteroatoms. The molecule has 0 aromatic heterocycles. The molecule has 0 aromatic carbocycles. The fourth-order valence-electron chi connectivity index (χ4n) is 2.85. The van der Waals surface area contributed by atoms with Crippen LogP contribution in [0.5, 0.6) is 0 Å². The number of nitrogens with two attached hydrogens (primary N) is 2. The number of carbonyl (C=O) groups excluding carboxylic acids is 4. The highest BCUT2D eigenvalue weighted by Gasteiger charge is 2.31. The van der Waals surface area contributed by atoms with Gasteiger partial charge in [0.05, 0.1) is 6.04 Å². The highest BCUT2D eigenvalue weighted by atomic mass is 16.4. The van der Waals surface area contributed by atoms with Crippen LogP contribution < -0.4 is 27.4 Å². The zero-order chi connectivity index (χ0) is 28.7. The monoisotopic (exact) mass is 533 g/mol. The number of carboxylic acids is 4. The van der Waals surface area contributed by atoms with Crippen molar-refractivity contribution in [2.24, 2.45) is 11.5 Å². The van der Waals surface area contributed by atoms with Crippen molar-refractivity contribution >= 4 is 47.5 Å². The quantitative estimate of drug-likeness (QED) is 0.0787. The second-order valence-corrected chi connectivity index (χ2v) is 7.93. The second kappa shape index (κ2) is 16.4. The number of carbonyl (C=O) groups is 8. The number of hydrogen-bond donors (Lipinski definition) is 9. The number of primary amides is 1. The number of carboxylic acid groups (broad SMARTS) is 4. The number of aliphatic carboxylic acids is 4. The van der Waals surface area contributed by atoms with Crippen molar-refractivity contribution in [1.82, 2.24) is 16.0 Å².